The molecule has 190 valence electrons. The Bertz CT molecular complexity index is 1170. The molecule has 0 bridgehead atoms. The van der Waals surface area contributed by atoms with Gasteiger partial charge in [0.1, 0.15) is 0 Å². The van der Waals surface area contributed by atoms with Crippen molar-refractivity contribution in [1.29, 1.82) is 0 Å². The summed E-state index contributed by atoms with van der Waals surface area (Å²) in [6.07, 6.45) is 7.28. The topological polar surface area (TPSA) is 67.5 Å². The van der Waals surface area contributed by atoms with Gasteiger partial charge in [0.15, 0.2) is 0 Å². The summed E-state index contributed by atoms with van der Waals surface area (Å²) in [5.74, 6) is 0.932. The number of carbonyl (C=O) groups excluding carboxylic acids is 1. The van der Waals surface area contributed by atoms with Crippen molar-refractivity contribution < 1.29 is 4.79 Å². The predicted molar refractivity (Wildman–Crippen MR) is 143 cm³/mol. The number of benzene rings is 1. The van der Waals surface area contributed by atoms with Gasteiger partial charge in [0, 0.05) is 86.9 Å². The predicted octanol–water partition coefficient (Wildman–Crippen LogP) is 3.34. The minimum absolute atomic E-state index is 0.203. The Morgan fingerprint density at radius 1 is 1.11 bits per heavy atom. The highest BCUT2D eigenvalue weighted by molar-refractivity contribution is 5.94. The average Bonchev–Trinajstić information content (AvgIpc) is 3.38. The largest absolute Gasteiger partial charge is 0.357 e. The number of likely N-dealkylation sites (tertiary alicyclic amines) is 1. The fraction of sp³-hybridized carbons (Fsp3) is 0.517. The molecule has 2 aromatic heterocycles. The van der Waals surface area contributed by atoms with Crippen LogP contribution in [0, 0.1) is 11.3 Å². The fourth-order valence-electron chi connectivity index (χ4n) is 6.25. The van der Waals surface area contributed by atoms with Crippen molar-refractivity contribution >= 4 is 16.8 Å². The van der Waals surface area contributed by atoms with Crippen molar-refractivity contribution in [2.45, 2.75) is 32.4 Å². The molecule has 0 radical (unpaired) electrons. The Morgan fingerprint density at radius 3 is 2.75 bits per heavy atom. The number of hydrogen-bond acceptors (Lipinski definition) is 5. The first-order chi connectivity index (χ1) is 17.6. The maximum Gasteiger partial charge on any atom is 0.253 e. The van der Waals surface area contributed by atoms with Gasteiger partial charge in [0.25, 0.3) is 5.91 Å². The van der Waals surface area contributed by atoms with E-state index in [4.69, 9.17) is 0 Å². The number of aromatic nitrogens is 2. The molecule has 3 fully saturated rings. The highest BCUT2D eigenvalue weighted by Gasteiger charge is 2.54. The van der Waals surface area contributed by atoms with Gasteiger partial charge in [0.2, 0.25) is 0 Å². The van der Waals surface area contributed by atoms with E-state index in [2.05, 4.69) is 61.3 Å². The Hall–Kier alpha value is -2.74. The molecule has 1 spiro atoms. The number of H-pyrrole nitrogens is 1. The number of piperazine rings is 1. The highest BCUT2D eigenvalue weighted by Crippen LogP contribution is 2.59. The van der Waals surface area contributed by atoms with E-state index in [1.54, 1.807) is 0 Å². The van der Waals surface area contributed by atoms with Crippen molar-refractivity contribution in [3.05, 3.63) is 65.6 Å². The van der Waals surface area contributed by atoms with Crippen molar-refractivity contribution in [3.63, 3.8) is 0 Å². The molecule has 3 aliphatic rings. The lowest BCUT2D eigenvalue weighted by Gasteiger charge is -2.33. The normalized spacial score (nSPS) is 22.4. The summed E-state index contributed by atoms with van der Waals surface area (Å²) in [7, 11) is 2.18. The molecule has 4 heterocycles. The van der Waals surface area contributed by atoms with Crippen molar-refractivity contribution in [3.8, 4) is 0 Å². The number of carbonyl (C=O) groups is 1. The lowest BCUT2D eigenvalue weighted by Crippen LogP contribution is -2.43. The van der Waals surface area contributed by atoms with Crippen molar-refractivity contribution in [1.82, 2.24) is 30.0 Å². The number of nitrogens with one attached hydrogen (secondary N) is 2. The van der Waals surface area contributed by atoms with Gasteiger partial charge in [0.05, 0.1) is 0 Å². The first kappa shape index (κ1) is 23.6. The minimum atomic E-state index is 0.203. The minimum Gasteiger partial charge on any atom is -0.357 e. The van der Waals surface area contributed by atoms with Crippen LogP contribution >= 0.6 is 0 Å². The smallest absolute Gasteiger partial charge is 0.253 e. The van der Waals surface area contributed by atoms with Gasteiger partial charge in [-0.3, -0.25) is 14.7 Å². The zero-order chi connectivity index (χ0) is 24.5. The summed E-state index contributed by atoms with van der Waals surface area (Å²) in [6, 6.07) is 12.5. The highest BCUT2D eigenvalue weighted by atomic mass is 16.2. The second kappa shape index (κ2) is 9.96. The number of pyridine rings is 1. The SMILES string of the molecule is CN1CCN(Cc2cccc(C(=O)N3CCC4(CC3)CC4CNCc3cc4cnccc4[nH]3)c2)CC1. The summed E-state index contributed by atoms with van der Waals surface area (Å²) >= 11 is 0. The quantitative estimate of drug-likeness (QED) is 0.536. The molecule has 2 N–H and O–H groups in total. The van der Waals surface area contributed by atoms with E-state index in [9.17, 15) is 4.79 Å². The van der Waals surface area contributed by atoms with Crippen LogP contribution in [0.2, 0.25) is 0 Å². The van der Waals surface area contributed by atoms with E-state index < -0.39 is 0 Å². The maximum atomic E-state index is 13.3. The third-order valence-electron chi connectivity index (χ3n) is 8.76. The molecule has 7 heteroatoms. The summed E-state index contributed by atoms with van der Waals surface area (Å²) in [6.45, 7) is 9.03. The van der Waals surface area contributed by atoms with Crippen LogP contribution in [0.15, 0.2) is 48.8 Å². The molecule has 7 nitrogen and oxygen atoms in total. The molecular formula is C29H38N6O. The molecule has 2 saturated heterocycles. The summed E-state index contributed by atoms with van der Waals surface area (Å²) in [5.41, 5.74) is 4.89. The van der Waals surface area contributed by atoms with E-state index in [1.165, 1.54) is 23.1 Å². The molecule has 1 saturated carbocycles. The summed E-state index contributed by atoms with van der Waals surface area (Å²) < 4.78 is 0. The van der Waals surface area contributed by atoms with Crippen LogP contribution in [-0.2, 0) is 13.1 Å². The Kier molecular flexibility index (Phi) is 6.54. The van der Waals surface area contributed by atoms with E-state index in [0.29, 0.717) is 5.41 Å². The monoisotopic (exact) mass is 486 g/mol. The van der Waals surface area contributed by atoms with Crippen LogP contribution in [0.5, 0.6) is 0 Å². The molecule has 1 aliphatic carbocycles. The van der Waals surface area contributed by atoms with Crippen LogP contribution in [0.4, 0.5) is 0 Å². The molecule has 1 atom stereocenters. The van der Waals surface area contributed by atoms with Gasteiger partial charge in [-0.1, -0.05) is 12.1 Å². The van der Waals surface area contributed by atoms with E-state index in [0.717, 1.165) is 88.7 Å². The number of rotatable bonds is 7. The fourth-order valence-corrected chi connectivity index (χ4v) is 6.25. The van der Waals surface area contributed by atoms with E-state index >= 15 is 0 Å². The standard InChI is InChI=1S/C29H38N6O/c1-33-11-13-34(14-12-33)21-22-3-2-4-23(15-22)28(36)35-9-6-29(7-10-35)17-25(29)19-31-20-26-16-24-18-30-8-5-27(24)32-26/h2-5,8,15-16,18,25,31-32H,6-7,9-14,17,19-21H2,1H3. The van der Waals surface area contributed by atoms with Crippen LogP contribution in [0.1, 0.15) is 40.9 Å². The second-order valence-corrected chi connectivity index (χ2v) is 11.2. The van der Waals surface area contributed by atoms with Crippen LogP contribution < -0.4 is 5.32 Å². The van der Waals surface area contributed by atoms with Crippen LogP contribution in [-0.4, -0.2) is 83.4 Å². The van der Waals surface area contributed by atoms with Gasteiger partial charge in [-0.15, -0.1) is 0 Å². The molecule has 2 aliphatic heterocycles. The lowest BCUT2D eigenvalue weighted by atomic mass is 9.90. The number of nitrogens with zero attached hydrogens (tertiary/aromatic N) is 4. The third-order valence-corrected chi connectivity index (χ3v) is 8.76. The number of hydrogen-bond donors (Lipinski definition) is 2. The number of likely N-dealkylation sites (N-methyl/N-ethyl adjacent to an activating group) is 1. The molecule has 1 aromatic carbocycles. The molecule has 36 heavy (non-hydrogen) atoms. The van der Waals surface area contributed by atoms with Gasteiger partial charge in [-0.2, -0.15) is 0 Å². The van der Waals surface area contributed by atoms with Gasteiger partial charge < -0.3 is 20.1 Å². The zero-order valence-electron chi connectivity index (χ0n) is 21.4. The zero-order valence-corrected chi connectivity index (χ0v) is 21.4. The molecule has 6 rings (SSSR count). The molecule has 1 unspecified atom stereocenters. The van der Waals surface area contributed by atoms with Crippen LogP contribution in [0.3, 0.4) is 0 Å². The second-order valence-electron chi connectivity index (χ2n) is 11.2. The number of amides is 1. The summed E-state index contributed by atoms with van der Waals surface area (Å²) in [4.78, 5) is 27.9. The molecule has 3 aromatic rings. The number of aromatic amines is 1. The van der Waals surface area contributed by atoms with Gasteiger partial charge >= 0.3 is 0 Å². The maximum absolute atomic E-state index is 13.3. The number of fused-ring (bicyclic) bond motifs is 1. The first-order valence-corrected chi connectivity index (χ1v) is 13.5. The van der Waals surface area contributed by atoms with E-state index in [1.807, 2.05) is 24.5 Å². The summed E-state index contributed by atoms with van der Waals surface area (Å²) in [5, 5.41) is 4.83. The van der Waals surface area contributed by atoms with Gasteiger partial charge in [-0.25, -0.2) is 0 Å². The molecular weight excluding hydrogens is 448 g/mol. The Labute approximate surface area is 213 Å². The Morgan fingerprint density at radius 2 is 1.94 bits per heavy atom. The van der Waals surface area contributed by atoms with Crippen molar-refractivity contribution in [2.24, 2.45) is 11.3 Å². The average molecular weight is 487 g/mol. The third kappa shape index (κ3) is 5.05. The molecule has 1 amide bonds. The lowest BCUT2D eigenvalue weighted by molar-refractivity contribution is 0.0668. The first-order valence-electron chi connectivity index (χ1n) is 13.5. The Balaban J connectivity index is 0.970. The van der Waals surface area contributed by atoms with E-state index in [-0.39, 0.29) is 5.91 Å². The van der Waals surface area contributed by atoms with Gasteiger partial charge in [-0.05, 0) is 74.0 Å². The van der Waals surface area contributed by atoms with Crippen molar-refractivity contribution in [2.75, 3.05) is 52.9 Å². The van der Waals surface area contributed by atoms with Crippen LogP contribution in [0.25, 0.3) is 10.9 Å². The number of piperidine rings is 1.